The maximum absolute atomic E-state index is 14.7. The molecule has 2 aromatic carbocycles. The molecule has 1 unspecified atom stereocenters. The van der Waals surface area contributed by atoms with E-state index in [9.17, 15) is 14.0 Å². The van der Waals surface area contributed by atoms with Crippen molar-refractivity contribution >= 4 is 11.8 Å². The van der Waals surface area contributed by atoms with E-state index in [0.29, 0.717) is 38.3 Å². The topological polar surface area (TPSA) is 43.9 Å². The zero-order chi connectivity index (χ0) is 21.1. The van der Waals surface area contributed by atoms with E-state index in [2.05, 4.69) is 17.5 Å². The second-order valence-corrected chi connectivity index (χ2v) is 7.75. The lowest BCUT2D eigenvalue weighted by atomic mass is 9.88. The number of hydrogen-bond donors (Lipinski definition) is 0. The standard InChI is InChI=1S/C24H26FN3O2/c1-2-22(29)26-13-15-27(16-14-26)23(30)17-28-12-11-18-7-3-4-8-19(18)24(28)20-9-5-6-10-21(20)25/h2-10,24H,1,11-17H2. The van der Waals surface area contributed by atoms with Gasteiger partial charge in [0.25, 0.3) is 0 Å². The summed E-state index contributed by atoms with van der Waals surface area (Å²) in [6, 6.07) is 14.6. The average Bonchev–Trinajstić information content (AvgIpc) is 2.79. The van der Waals surface area contributed by atoms with Gasteiger partial charge in [-0.1, -0.05) is 49.0 Å². The minimum Gasteiger partial charge on any atom is -0.338 e. The third kappa shape index (κ3) is 4.00. The maximum atomic E-state index is 14.7. The molecule has 0 spiro atoms. The Morgan fingerprint density at radius 2 is 1.57 bits per heavy atom. The van der Waals surface area contributed by atoms with Gasteiger partial charge in [0.2, 0.25) is 11.8 Å². The summed E-state index contributed by atoms with van der Waals surface area (Å²) in [5, 5.41) is 0. The summed E-state index contributed by atoms with van der Waals surface area (Å²) in [6.07, 6.45) is 2.14. The van der Waals surface area contributed by atoms with E-state index in [1.54, 1.807) is 21.9 Å². The van der Waals surface area contributed by atoms with Crippen LogP contribution in [0.1, 0.15) is 22.7 Å². The van der Waals surface area contributed by atoms with Crippen LogP contribution in [0.5, 0.6) is 0 Å². The number of fused-ring (bicyclic) bond motifs is 1. The lowest BCUT2D eigenvalue weighted by Crippen LogP contribution is -2.53. The predicted molar refractivity (Wildman–Crippen MR) is 113 cm³/mol. The maximum Gasteiger partial charge on any atom is 0.246 e. The van der Waals surface area contributed by atoms with Crippen molar-refractivity contribution in [3.05, 3.63) is 83.7 Å². The first-order chi connectivity index (χ1) is 14.6. The summed E-state index contributed by atoms with van der Waals surface area (Å²) < 4.78 is 14.7. The SMILES string of the molecule is C=CC(=O)N1CCN(C(=O)CN2CCc3ccccc3C2c2ccccc2F)CC1. The molecule has 2 amide bonds. The highest BCUT2D eigenvalue weighted by Gasteiger charge is 2.33. The number of carbonyl (C=O) groups excluding carboxylic acids is 2. The van der Waals surface area contributed by atoms with Crippen molar-refractivity contribution in [3.63, 3.8) is 0 Å². The van der Waals surface area contributed by atoms with E-state index in [-0.39, 0.29) is 30.2 Å². The van der Waals surface area contributed by atoms with Gasteiger partial charge >= 0.3 is 0 Å². The highest BCUT2D eigenvalue weighted by molar-refractivity contribution is 5.87. The molecular formula is C24H26FN3O2. The van der Waals surface area contributed by atoms with Crippen LogP contribution in [0.3, 0.4) is 0 Å². The van der Waals surface area contributed by atoms with Crippen LogP contribution in [0.25, 0.3) is 0 Å². The van der Waals surface area contributed by atoms with Gasteiger partial charge in [-0.15, -0.1) is 0 Å². The Labute approximate surface area is 176 Å². The second kappa shape index (κ2) is 8.79. The van der Waals surface area contributed by atoms with E-state index < -0.39 is 0 Å². The molecule has 0 N–H and O–H groups in total. The molecule has 1 atom stereocenters. The van der Waals surface area contributed by atoms with Gasteiger partial charge in [-0.25, -0.2) is 4.39 Å². The largest absolute Gasteiger partial charge is 0.338 e. The van der Waals surface area contributed by atoms with Crippen molar-refractivity contribution in [2.24, 2.45) is 0 Å². The van der Waals surface area contributed by atoms with Crippen molar-refractivity contribution in [2.75, 3.05) is 39.3 Å². The summed E-state index contributed by atoms with van der Waals surface area (Å²) in [5.41, 5.74) is 2.85. The highest BCUT2D eigenvalue weighted by Crippen LogP contribution is 2.36. The fourth-order valence-corrected chi connectivity index (χ4v) is 4.43. The summed E-state index contributed by atoms with van der Waals surface area (Å²) in [6.45, 7) is 6.47. The number of benzene rings is 2. The number of hydrogen-bond acceptors (Lipinski definition) is 3. The summed E-state index contributed by atoms with van der Waals surface area (Å²) >= 11 is 0. The molecule has 156 valence electrons. The predicted octanol–water partition coefficient (Wildman–Crippen LogP) is 2.63. The lowest BCUT2D eigenvalue weighted by Gasteiger charge is -2.40. The van der Waals surface area contributed by atoms with Gasteiger partial charge in [0.1, 0.15) is 5.82 Å². The first kappa shape index (κ1) is 20.3. The molecule has 4 rings (SSSR count). The minimum atomic E-state index is -0.288. The molecule has 0 aliphatic carbocycles. The van der Waals surface area contributed by atoms with E-state index in [1.165, 1.54) is 17.7 Å². The van der Waals surface area contributed by atoms with Gasteiger partial charge < -0.3 is 9.80 Å². The fourth-order valence-electron chi connectivity index (χ4n) is 4.43. The Morgan fingerprint density at radius 3 is 2.27 bits per heavy atom. The van der Waals surface area contributed by atoms with Crippen molar-refractivity contribution in [1.29, 1.82) is 0 Å². The van der Waals surface area contributed by atoms with Gasteiger partial charge in [-0.05, 0) is 29.7 Å². The zero-order valence-corrected chi connectivity index (χ0v) is 17.0. The van der Waals surface area contributed by atoms with E-state index in [1.807, 2.05) is 24.3 Å². The van der Waals surface area contributed by atoms with Crippen LogP contribution in [0, 0.1) is 5.82 Å². The van der Waals surface area contributed by atoms with E-state index >= 15 is 0 Å². The lowest BCUT2D eigenvalue weighted by molar-refractivity contribution is -0.138. The Morgan fingerprint density at radius 1 is 0.933 bits per heavy atom. The fraction of sp³-hybridized carbons (Fsp3) is 0.333. The third-order valence-corrected chi connectivity index (χ3v) is 6.04. The van der Waals surface area contributed by atoms with Crippen molar-refractivity contribution in [2.45, 2.75) is 12.5 Å². The first-order valence-electron chi connectivity index (χ1n) is 10.3. The van der Waals surface area contributed by atoms with Gasteiger partial charge in [0, 0.05) is 38.3 Å². The van der Waals surface area contributed by atoms with Crippen LogP contribution in [-0.4, -0.2) is 65.8 Å². The molecule has 0 radical (unpaired) electrons. The van der Waals surface area contributed by atoms with Crippen molar-refractivity contribution in [1.82, 2.24) is 14.7 Å². The highest BCUT2D eigenvalue weighted by atomic mass is 19.1. The molecule has 0 bridgehead atoms. The molecule has 2 aromatic rings. The van der Waals surface area contributed by atoms with Crippen LogP contribution < -0.4 is 0 Å². The van der Waals surface area contributed by atoms with Gasteiger partial charge in [-0.3, -0.25) is 14.5 Å². The Kier molecular flexibility index (Phi) is 5.95. The van der Waals surface area contributed by atoms with Crippen LogP contribution in [0.2, 0.25) is 0 Å². The summed E-state index contributed by atoms with van der Waals surface area (Å²) in [5.74, 6) is -0.344. The van der Waals surface area contributed by atoms with E-state index in [4.69, 9.17) is 0 Å². The molecule has 2 heterocycles. The summed E-state index contributed by atoms with van der Waals surface area (Å²) in [4.78, 5) is 30.4. The minimum absolute atomic E-state index is 0.0152. The molecule has 1 saturated heterocycles. The molecule has 2 aliphatic rings. The number of rotatable bonds is 4. The van der Waals surface area contributed by atoms with Gasteiger partial charge in [-0.2, -0.15) is 0 Å². The van der Waals surface area contributed by atoms with E-state index in [0.717, 1.165) is 12.0 Å². The Bertz CT molecular complexity index is 953. The molecule has 6 heteroatoms. The Hall–Kier alpha value is -2.99. The smallest absolute Gasteiger partial charge is 0.246 e. The molecule has 0 aromatic heterocycles. The molecule has 1 fully saturated rings. The number of carbonyl (C=O) groups is 2. The molecule has 2 aliphatic heterocycles. The van der Waals surface area contributed by atoms with Gasteiger partial charge in [0.15, 0.2) is 0 Å². The Balaban J connectivity index is 1.53. The number of halogens is 1. The average molecular weight is 407 g/mol. The number of piperazine rings is 1. The van der Waals surface area contributed by atoms with Crippen LogP contribution >= 0.6 is 0 Å². The quantitative estimate of drug-likeness (QED) is 0.732. The van der Waals surface area contributed by atoms with Crippen molar-refractivity contribution < 1.29 is 14.0 Å². The molecule has 0 saturated carbocycles. The van der Waals surface area contributed by atoms with Gasteiger partial charge in [0.05, 0.1) is 12.6 Å². The molecular weight excluding hydrogens is 381 g/mol. The van der Waals surface area contributed by atoms with Crippen LogP contribution in [-0.2, 0) is 16.0 Å². The normalized spacial score (nSPS) is 19.3. The second-order valence-electron chi connectivity index (χ2n) is 7.75. The summed E-state index contributed by atoms with van der Waals surface area (Å²) in [7, 11) is 0. The number of amides is 2. The van der Waals surface area contributed by atoms with Crippen LogP contribution in [0.4, 0.5) is 4.39 Å². The first-order valence-corrected chi connectivity index (χ1v) is 10.3. The monoisotopic (exact) mass is 407 g/mol. The number of nitrogens with zero attached hydrogens (tertiary/aromatic N) is 3. The van der Waals surface area contributed by atoms with Crippen LogP contribution in [0.15, 0.2) is 61.2 Å². The van der Waals surface area contributed by atoms with Crippen molar-refractivity contribution in [3.8, 4) is 0 Å². The molecule has 5 nitrogen and oxygen atoms in total. The zero-order valence-electron chi connectivity index (χ0n) is 17.0. The third-order valence-electron chi connectivity index (χ3n) is 6.04. The molecule has 30 heavy (non-hydrogen) atoms.